The number of aromatic nitrogens is 5. The lowest BCUT2D eigenvalue weighted by molar-refractivity contribution is -0.0885. The Labute approximate surface area is 268 Å². The number of fused-ring (bicyclic) bond motifs is 5. The molecule has 7 heterocycles. The minimum Gasteiger partial charge on any atom is -0.461 e. The van der Waals surface area contributed by atoms with Crippen LogP contribution in [0.4, 0.5) is 16.0 Å². The van der Waals surface area contributed by atoms with Gasteiger partial charge in [-0.2, -0.15) is 15.1 Å². The van der Waals surface area contributed by atoms with Gasteiger partial charge < -0.3 is 25.0 Å². The number of anilines is 2. The lowest BCUT2D eigenvalue weighted by Crippen LogP contribution is -2.44. The lowest BCUT2D eigenvalue weighted by Gasteiger charge is -2.42. The van der Waals surface area contributed by atoms with Crippen molar-refractivity contribution in [3.63, 3.8) is 0 Å². The van der Waals surface area contributed by atoms with Gasteiger partial charge >= 0.3 is 6.01 Å². The molecule has 3 aromatic heterocycles. The highest BCUT2D eigenvalue weighted by Gasteiger charge is 2.50. The van der Waals surface area contributed by atoms with Crippen LogP contribution < -0.4 is 15.4 Å². The molecule has 0 aromatic carbocycles. The number of carbonyl (C=O) groups excluding carboxylic acids is 1. The van der Waals surface area contributed by atoms with E-state index in [-0.39, 0.29) is 11.4 Å². The van der Waals surface area contributed by atoms with E-state index in [0.29, 0.717) is 63.2 Å². The normalized spacial score (nSPS) is 27.1. The van der Waals surface area contributed by atoms with Crippen molar-refractivity contribution in [2.24, 2.45) is 0 Å². The number of carbonyl (C=O) groups is 1. The number of aryl methyl sites for hydroxylation is 2. The number of hydrogen-bond donors (Lipinski definition) is 1. The summed E-state index contributed by atoms with van der Waals surface area (Å²) < 4.78 is 29.7. The Morgan fingerprint density at radius 1 is 1.15 bits per heavy atom. The van der Waals surface area contributed by atoms with Gasteiger partial charge in [0.15, 0.2) is 5.69 Å². The molecule has 13 heteroatoms. The average Bonchev–Trinajstić information content (AvgIpc) is 3.66. The van der Waals surface area contributed by atoms with E-state index in [0.717, 1.165) is 80.1 Å². The number of nitrogen functional groups attached to an aromatic ring is 1. The topological polar surface area (TPSA) is 128 Å². The molecule has 4 aliphatic heterocycles. The van der Waals surface area contributed by atoms with Crippen LogP contribution in [0.1, 0.15) is 77.2 Å². The van der Waals surface area contributed by atoms with E-state index in [1.54, 1.807) is 19.0 Å². The van der Waals surface area contributed by atoms with Crippen molar-refractivity contribution >= 4 is 17.5 Å². The Morgan fingerprint density at radius 3 is 2.91 bits per heavy atom. The van der Waals surface area contributed by atoms with Gasteiger partial charge in [-0.1, -0.05) is 6.07 Å². The molecule has 1 spiro atoms. The van der Waals surface area contributed by atoms with Crippen LogP contribution in [-0.4, -0.2) is 92.5 Å². The molecule has 0 bridgehead atoms. The fraction of sp³-hybridized carbons (Fsp3) is 0.606. The zero-order valence-electron chi connectivity index (χ0n) is 26.7. The Bertz CT molecular complexity index is 1680. The molecular formula is C33H42FN9O3. The molecule has 46 heavy (non-hydrogen) atoms. The molecule has 2 N–H and O–H groups in total. The summed E-state index contributed by atoms with van der Waals surface area (Å²) in [6.07, 6.45) is 5.73. The SMILES string of the molecule is CN(C)C(=O)c1cc2n(n1)CCCN(c1nc(OCC34CCCN3CC(F)C4)nc3c1COC1(CCCc4ccc(N)nc41)C3)C2. The maximum absolute atomic E-state index is 14.6. The zero-order chi connectivity index (χ0) is 31.6. The van der Waals surface area contributed by atoms with Gasteiger partial charge in [0.05, 0.1) is 35.8 Å². The largest absolute Gasteiger partial charge is 0.461 e. The monoisotopic (exact) mass is 631 g/mol. The Kier molecular flexibility index (Phi) is 7.16. The van der Waals surface area contributed by atoms with E-state index in [1.807, 2.05) is 16.8 Å². The second-order valence-corrected chi connectivity index (χ2v) is 13.9. The number of hydrogen-bond acceptors (Lipinski definition) is 10. The Balaban J connectivity index is 1.16. The molecule has 2 saturated heterocycles. The molecule has 3 unspecified atom stereocenters. The van der Waals surface area contributed by atoms with Crippen LogP contribution in [0.15, 0.2) is 18.2 Å². The Morgan fingerprint density at radius 2 is 2.04 bits per heavy atom. The van der Waals surface area contributed by atoms with Crippen LogP contribution >= 0.6 is 0 Å². The van der Waals surface area contributed by atoms with Crippen molar-refractivity contribution in [2.45, 2.75) is 88.4 Å². The van der Waals surface area contributed by atoms with E-state index < -0.39 is 11.8 Å². The highest BCUT2D eigenvalue weighted by Crippen LogP contribution is 2.46. The summed E-state index contributed by atoms with van der Waals surface area (Å²) in [5, 5.41) is 4.62. The molecule has 1 amide bonds. The third-order valence-corrected chi connectivity index (χ3v) is 10.6. The fourth-order valence-electron chi connectivity index (χ4n) is 8.37. The third kappa shape index (κ3) is 4.98. The van der Waals surface area contributed by atoms with Crippen LogP contribution in [0.5, 0.6) is 6.01 Å². The van der Waals surface area contributed by atoms with Crippen molar-refractivity contribution in [1.29, 1.82) is 0 Å². The average molecular weight is 632 g/mol. The number of pyridine rings is 1. The van der Waals surface area contributed by atoms with Crippen molar-refractivity contribution < 1.29 is 18.7 Å². The van der Waals surface area contributed by atoms with Gasteiger partial charge in [0, 0.05) is 52.1 Å². The zero-order valence-corrected chi connectivity index (χ0v) is 26.7. The minimum absolute atomic E-state index is 0.120. The van der Waals surface area contributed by atoms with E-state index >= 15 is 0 Å². The molecule has 3 aromatic rings. The van der Waals surface area contributed by atoms with Crippen LogP contribution in [0.2, 0.25) is 0 Å². The van der Waals surface area contributed by atoms with Gasteiger partial charge in [0.1, 0.15) is 30.0 Å². The molecule has 0 radical (unpaired) electrons. The highest BCUT2D eigenvalue weighted by atomic mass is 19.1. The second kappa shape index (κ2) is 11.2. The van der Waals surface area contributed by atoms with Crippen LogP contribution in [-0.2, 0) is 42.9 Å². The predicted octanol–water partition coefficient (Wildman–Crippen LogP) is 3.02. The second-order valence-electron chi connectivity index (χ2n) is 13.9. The number of nitrogens with zero attached hydrogens (tertiary/aromatic N) is 8. The van der Waals surface area contributed by atoms with Gasteiger partial charge in [-0.05, 0) is 62.8 Å². The number of amides is 1. The van der Waals surface area contributed by atoms with E-state index in [4.69, 9.17) is 30.2 Å². The lowest BCUT2D eigenvalue weighted by atomic mass is 9.77. The first-order valence-electron chi connectivity index (χ1n) is 16.6. The quantitative estimate of drug-likeness (QED) is 0.449. The number of alkyl halides is 1. The number of rotatable bonds is 5. The summed E-state index contributed by atoms with van der Waals surface area (Å²) in [4.78, 5) is 33.6. The number of nitrogens with two attached hydrogens (primary N) is 1. The molecule has 1 aliphatic carbocycles. The first kappa shape index (κ1) is 29.6. The van der Waals surface area contributed by atoms with Gasteiger partial charge in [0.2, 0.25) is 0 Å². The molecule has 0 saturated carbocycles. The number of ether oxygens (including phenoxy) is 2. The van der Waals surface area contributed by atoms with Gasteiger partial charge in [-0.15, -0.1) is 0 Å². The fourth-order valence-corrected chi connectivity index (χ4v) is 8.37. The van der Waals surface area contributed by atoms with Crippen molar-refractivity contribution in [2.75, 3.05) is 51.0 Å². The molecule has 5 aliphatic rings. The highest BCUT2D eigenvalue weighted by molar-refractivity contribution is 5.92. The summed E-state index contributed by atoms with van der Waals surface area (Å²) in [6.45, 7) is 4.04. The summed E-state index contributed by atoms with van der Waals surface area (Å²) in [6, 6.07) is 6.12. The maximum Gasteiger partial charge on any atom is 0.318 e. The summed E-state index contributed by atoms with van der Waals surface area (Å²) in [5.74, 6) is 1.14. The predicted molar refractivity (Wildman–Crippen MR) is 168 cm³/mol. The third-order valence-electron chi connectivity index (χ3n) is 10.6. The summed E-state index contributed by atoms with van der Waals surface area (Å²) in [7, 11) is 3.47. The molecule has 244 valence electrons. The standard InChI is InChI=1S/C33H42FN9O3/c1-40(2)30(44)25-14-23-18-41(11-5-13-43(23)39-25)29-24-19-46-33(10-3-6-21-7-8-27(35)37-28(21)33)16-26(24)36-31(38-29)45-20-32-9-4-12-42(32)17-22(34)15-32/h7-8,14,22H,3-6,9-13,15-20H2,1-2H3,(H2,35,37). The van der Waals surface area contributed by atoms with E-state index in [2.05, 4.69) is 21.0 Å². The van der Waals surface area contributed by atoms with Crippen molar-refractivity contribution in [3.8, 4) is 6.01 Å². The van der Waals surface area contributed by atoms with Gasteiger partial charge in [-0.3, -0.25) is 14.4 Å². The maximum atomic E-state index is 14.6. The van der Waals surface area contributed by atoms with E-state index in [9.17, 15) is 9.18 Å². The van der Waals surface area contributed by atoms with Crippen molar-refractivity contribution in [1.82, 2.24) is 34.5 Å². The van der Waals surface area contributed by atoms with Crippen molar-refractivity contribution in [3.05, 3.63) is 52.1 Å². The smallest absolute Gasteiger partial charge is 0.318 e. The van der Waals surface area contributed by atoms with Crippen LogP contribution in [0, 0.1) is 0 Å². The Hall–Kier alpha value is -3.84. The van der Waals surface area contributed by atoms with E-state index in [1.165, 1.54) is 5.56 Å². The minimum atomic E-state index is -0.835. The number of halogens is 1. The van der Waals surface area contributed by atoms with Gasteiger partial charge in [-0.25, -0.2) is 9.37 Å². The first-order valence-corrected chi connectivity index (χ1v) is 16.6. The molecule has 8 rings (SSSR count). The molecule has 12 nitrogen and oxygen atoms in total. The van der Waals surface area contributed by atoms with Gasteiger partial charge in [0.25, 0.3) is 5.91 Å². The molecule has 3 atom stereocenters. The summed E-state index contributed by atoms with van der Waals surface area (Å²) >= 11 is 0. The molecule has 2 fully saturated rings. The van der Waals surface area contributed by atoms with Crippen LogP contribution in [0.25, 0.3) is 0 Å². The first-order chi connectivity index (χ1) is 22.2. The summed E-state index contributed by atoms with van der Waals surface area (Å²) in [5.41, 5.74) is 10.5. The molecular weight excluding hydrogens is 589 g/mol. The van der Waals surface area contributed by atoms with Crippen LogP contribution in [0.3, 0.4) is 0 Å².